The second-order valence-corrected chi connectivity index (χ2v) is 4.87. The van der Waals surface area contributed by atoms with E-state index in [1.807, 2.05) is 0 Å². The maximum absolute atomic E-state index is 10.9. The van der Waals surface area contributed by atoms with Crippen LogP contribution >= 0.6 is 0 Å². The van der Waals surface area contributed by atoms with Crippen LogP contribution in [0.1, 0.15) is 12.8 Å². The minimum Gasteiger partial charge on any atom is -0.377 e. The summed E-state index contributed by atoms with van der Waals surface area (Å²) < 4.78 is 28.5. The van der Waals surface area contributed by atoms with Crippen molar-refractivity contribution < 1.29 is 13.2 Å². The molecule has 1 aliphatic heterocycles. The third kappa shape index (κ3) is 3.50. The molecule has 0 saturated carbocycles. The second kappa shape index (κ2) is 5.04. The molecule has 7 heteroatoms. The van der Waals surface area contributed by atoms with Crippen molar-refractivity contribution >= 4 is 10.2 Å². The van der Waals surface area contributed by atoms with Gasteiger partial charge in [-0.3, -0.25) is 0 Å². The molecule has 1 rings (SSSR count). The predicted octanol–water partition coefficient (Wildman–Crippen LogP) is -1.37. The summed E-state index contributed by atoms with van der Waals surface area (Å²) in [7, 11) is -3.54. The van der Waals surface area contributed by atoms with Gasteiger partial charge in [0.1, 0.15) is 0 Å². The first-order chi connectivity index (χ1) is 6.54. The van der Waals surface area contributed by atoms with E-state index in [9.17, 15) is 8.42 Å². The van der Waals surface area contributed by atoms with E-state index in [1.54, 1.807) is 0 Å². The normalized spacial score (nSPS) is 24.3. The molecule has 1 heterocycles. The average molecular weight is 223 g/mol. The van der Waals surface area contributed by atoms with Gasteiger partial charge in [-0.2, -0.15) is 12.7 Å². The van der Waals surface area contributed by atoms with Crippen molar-refractivity contribution in [3.63, 3.8) is 0 Å². The highest BCUT2D eigenvalue weighted by Crippen LogP contribution is 2.14. The largest absolute Gasteiger partial charge is 0.377 e. The zero-order valence-corrected chi connectivity index (χ0v) is 8.87. The molecule has 6 nitrogen and oxygen atoms in total. The van der Waals surface area contributed by atoms with Gasteiger partial charge < -0.3 is 10.5 Å². The summed E-state index contributed by atoms with van der Waals surface area (Å²) in [6.07, 6.45) is 1.48. The Labute approximate surface area is 84.4 Å². The summed E-state index contributed by atoms with van der Waals surface area (Å²) >= 11 is 0. The Balaban J connectivity index is 2.28. The Bertz CT molecular complexity index is 267. The van der Waals surface area contributed by atoms with Gasteiger partial charge in [-0.05, 0) is 19.4 Å². The molecule has 0 aromatic heterocycles. The third-order valence-electron chi connectivity index (χ3n) is 2.17. The average Bonchev–Trinajstić information content (AvgIpc) is 2.52. The number of hydrogen-bond donors (Lipinski definition) is 2. The van der Waals surface area contributed by atoms with Crippen molar-refractivity contribution in [3.8, 4) is 0 Å². The molecule has 1 aliphatic rings. The van der Waals surface area contributed by atoms with Gasteiger partial charge in [0.05, 0.1) is 6.10 Å². The number of hydrogen-bond acceptors (Lipinski definition) is 4. The van der Waals surface area contributed by atoms with Crippen LogP contribution in [0.3, 0.4) is 0 Å². The lowest BCUT2D eigenvalue weighted by atomic mass is 10.3. The molecular weight excluding hydrogens is 206 g/mol. The van der Waals surface area contributed by atoms with E-state index in [-0.39, 0.29) is 6.10 Å². The molecule has 0 aliphatic carbocycles. The zero-order valence-electron chi connectivity index (χ0n) is 8.05. The van der Waals surface area contributed by atoms with Gasteiger partial charge >= 0.3 is 0 Å². The summed E-state index contributed by atoms with van der Waals surface area (Å²) in [4.78, 5) is 0. The molecule has 0 aromatic carbocycles. The van der Waals surface area contributed by atoms with E-state index < -0.39 is 10.2 Å². The van der Waals surface area contributed by atoms with Crippen LogP contribution in [0, 0.1) is 0 Å². The first-order valence-corrected chi connectivity index (χ1v) is 6.14. The molecule has 0 radical (unpaired) electrons. The van der Waals surface area contributed by atoms with Crippen LogP contribution in [-0.2, 0) is 14.9 Å². The van der Waals surface area contributed by atoms with Gasteiger partial charge in [0.25, 0.3) is 10.2 Å². The van der Waals surface area contributed by atoms with E-state index >= 15 is 0 Å². The van der Waals surface area contributed by atoms with Gasteiger partial charge in [0, 0.05) is 19.7 Å². The number of nitrogens with zero attached hydrogens (tertiary/aromatic N) is 1. The highest BCUT2D eigenvalue weighted by molar-refractivity contribution is 7.86. The molecule has 14 heavy (non-hydrogen) atoms. The van der Waals surface area contributed by atoms with E-state index in [4.69, 9.17) is 15.6 Å². The molecule has 84 valence electrons. The third-order valence-corrected chi connectivity index (χ3v) is 3.22. The lowest BCUT2D eigenvalue weighted by Gasteiger charge is -2.13. The molecule has 1 saturated heterocycles. The fraction of sp³-hybridized carbons (Fsp3) is 1.00. The van der Waals surface area contributed by atoms with Crippen LogP contribution in [0.25, 0.3) is 0 Å². The van der Waals surface area contributed by atoms with E-state index in [0.29, 0.717) is 32.7 Å². The van der Waals surface area contributed by atoms with Crippen LogP contribution in [0.4, 0.5) is 0 Å². The van der Waals surface area contributed by atoms with Gasteiger partial charge in [-0.1, -0.05) is 0 Å². The molecular formula is C7H17N3O3S. The van der Waals surface area contributed by atoms with Crippen molar-refractivity contribution in [3.05, 3.63) is 0 Å². The Morgan fingerprint density at radius 2 is 2.21 bits per heavy atom. The fourth-order valence-corrected chi connectivity index (χ4v) is 2.13. The standard InChI is InChI=1S/C7H17N3O3S/c8-3-1-5-13-7-2-4-10(6-7)14(9,11)12/h7H,1-6,8H2,(H2,9,11,12). The first-order valence-electron chi connectivity index (χ1n) is 4.63. The summed E-state index contributed by atoms with van der Waals surface area (Å²) in [5.41, 5.74) is 5.30. The molecule has 0 amide bonds. The van der Waals surface area contributed by atoms with E-state index in [2.05, 4.69) is 0 Å². The van der Waals surface area contributed by atoms with Gasteiger partial charge in [-0.25, -0.2) is 5.14 Å². The zero-order chi connectivity index (χ0) is 10.6. The van der Waals surface area contributed by atoms with Crippen molar-refractivity contribution in [2.75, 3.05) is 26.2 Å². The lowest BCUT2D eigenvalue weighted by molar-refractivity contribution is 0.0630. The molecule has 0 spiro atoms. The van der Waals surface area contributed by atoms with Gasteiger partial charge in [-0.15, -0.1) is 0 Å². The smallest absolute Gasteiger partial charge is 0.276 e. The Hall–Kier alpha value is -0.210. The Morgan fingerprint density at radius 3 is 2.71 bits per heavy atom. The summed E-state index contributed by atoms with van der Waals surface area (Å²) in [5.74, 6) is 0. The predicted molar refractivity (Wildman–Crippen MR) is 52.7 cm³/mol. The summed E-state index contributed by atoms with van der Waals surface area (Å²) in [5, 5.41) is 4.98. The highest BCUT2D eigenvalue weighted by atomic mass is 32.2. The number of ether oxygens (including phenoxy) is 1. The van der Waals surface area contributed by atoms with Crippen molar-refractivity contribution in [1.82, 2.24) is 4.31 Å². The number of rotatable bonds is 5. The van der Waals surface area contributed by atoms with Crippen molar-refractivity contribution in [2.24, 2.45) is 10.9 Å². The Morgan fingerprint density at radius 1 is 1.50 bits per heavy atom. The molecule has 4 N–H and O–H groups in total. The molecule has 0 bridgehead atoms. The van der Waals surface area contributed by atoms with E-state index in [0.717, 1.165) is 6.42 Å². The second-order valence-electron chi connectivity index (χ2n) is 3.33. The van der Waals surface area contributed by atoms with Crippen LogP contribution < -0.4 is 10.9 Å². The van der Waals surface area contributed by atoms with Crippen LogP contribution in [0.15, 0.2) is 0 Å². The first kappa shape index (κ1) is 11.9. The molecule has 1 atom stereocenters. The molecule has 1 unspecified atom stereocenters. The van der Waals surface area contributed by atoms with Crippen molar-refractivity contribution in [1.29, 1.82) is 0 Å². The SMILES string of the molecule is NCCCOC1CCN(S(N)(=O)=O)C1. The maximum atomic E-state index is 10.9. The van der Waals surface area contributed by atoms with Crippen LogP contribution in [0.2, 0.25) is 0 Å². The summed E-state index contributed by atoms with van der Waals surface area (Å²) in [6, 6.07) is 0. The molecule has 0 aromatic rings. The van der Waals surface area contributed by atoms with Gasteiger partial charge in [0.2, 0.25) is 0 Å². The summed E-state index contributed by atoms with van der Waals surface area (Å²) in [6.45, 7) is 1.99. The minimum absolute atomic E-state index is 0.0279. The topological polar surface area (TPSA) is 98.7 Å². The van der Waals surface area contributed by atoms with Crippen LogP contribution in [-0.4, -0.2) is 45.1 Å². The van der Waals surface area contributed by atoms with E-state index in [1.165, 1.54) is 4.31 Å². The fourth-order valence-electron chi connectivity index (χ4n) is 1.40. The van der Waals surface area contributed by atoms with Gasteiger partial charge in [0.15, 0.2) is 0 Å². The van der Waals surface area contributed by atoms with Crippen LogP contribution in [0.5, 0.6) is 0 Å². The van der Waals surface area contributed by atoms with Crippen molar-refractivity contribution in [2.45, 2.75) is 18.9 Å². The number of nitrogens with two attached hydrogens (primary N) is 2. The maximum Gasteiger partial charge on any atom is 0.276 e. The lowest BCUT2D eigenvalue weighted by Crippen LogP contribution is -2.35. The molecule has 1 fully saturated rings. The quantitative estimate of drug-likeness (QED) is 0.562. The highest BCUT2D eigenvalue weighted by Gasteiger charge is 2.29. The minimum atomic E-state index is -3.54. The Kier molecular flexibility index (Phi) is 4.27. The monoisotopic (exact) mass is 223 g/mol.